The van der Waals surface area contributed by atoms with Gasteiger partial charge >= 0.3 is 0 Å². The molecule has 0 bridgehead atoms. The van der Waals surface area contributed by atoms with Gasteiger partial charge in [0.1, 0.15) is 5.82 Å². The molecule has 2 aromatic rings. The third-order valence-electron chi connectivity index (χ3n) is 2.23. The maximum atomic E-state index is 12.8. The van der Waals surface area contributed by atoms with Crippen LogP contribution < -0.4 is 5.32 Å². The number of carbonyl (C=O) groups excluding carboxylic acids is 1. The van der Waals surface area contributed by atoms with E-state index in [4.69, 9.17) is 5.26 Å². The van der Waals surface area contributed by atoms with Crippen molar-refractivity contribution in [2.24, 2.45) is 0 Å². The molecule has 0 radical (unpaired) electrons. The lowest BCUT2D eigenvalue weighted by Gasteiger charge is -2.04. The van der Waals surface area contributed by atoms with Crippen molar-refractivity contribution < 1.29 is 9.18 Å². The molecule has 0 spiro atoms. The Kier molecular flexibility index (Phi) is 3.30. The van der Waals surface area contributed by atoms with Gasteiger partial charge in [0.15, 0.2) is 0 Å². The Hall–Kier alpha value is -2.74. The third-order valence-corrected chi connectivity index (χ3v) is 2.23. The Morgan fingerprint density at radius 3 is 2.56 bits per heavy atom. The molecular formula is C13H8FN3O. The van der Waals surface area contributed by atoms with E-state index in [1.165, 1.54) is 42.5 Å². The summed E-state index contributed by atoms with van der Waals surface area (Å²) < 4.78 is 12.8. The van der Waals surface area contributed by atoms with Crippen molar-refractivity contribution in [1.82, 2.24) is 4.98 Å². The van der Waals surface area contributed by atoms with E-state index >= 15 is 0 Å². The quantitative estimate of drug-likeness (QED) is 0.820. The van der Waals surface area contributed by atoms with Crippen LogP contribution in [0.3, 0.4) is 0 Å². The number of pyridine rings is 1. The Morgan fingerprint density at radius 1 is 1.22 bits per heavy atom. The predicted molar refractivity (Wildman–Crippen MR) is 63.3 cm³/mol. The Balaban J connectivity index is 2.14. The molecule has 0 unspecified atom stereocenters. The number of benzene rings is 1. The van der Waals surface area contributed by atoms with Crippen LogP contribution in [-0.4, -0.2) is 10.9 Å². The highest BCUT2D eigenvalue weighted by Gasteiger charge is 2.07. The fourth-order valence-corrected chi connectivity index (χ4v) is 1.36. The maximum Gasteiger partial charge on any atom is 0.256 e. The molecule has 0 aliphatic rings. The van der Waals surface area contributed by atoms with E-state index in [0.717, 1.165) is 0 Å². The standard InChI is InChI=1S/C13H8FN3O/c14-11-2-1-3-12(16-11)17-13(18)10-6-4-9(8-15)5-7-10/h1-7H,(H,16,17,18). The number of carbonyl (C=O) groups is 1. The van der Waals surface area contributed by atoms with Gasteiger partial charge in [-0.05, 0) is 36.4 Å². The van der Waals surface area contributed by atoms with Gasteiger partial charge in [-0.15, -0.1) is 0 Å². The number of aromatic nitrogens is 1. The predicted octanol–water partition coefficient (Wildman–Crippen LogP) is 2.34. The fraction of sp³-hybridized carbons (Fsp3) is 0. The summed E-state index contributed by atoms with van der Waals surface area (Å²) in [5.41, 5.74) is 0.843. The molecule has 1 aromatic heterocycles. The molecule has 0 saturated carbocycles. The first-order valence-electron chi connectivity index (χ1n) is 5.13. The highest BCUT2D eigenvalue weighted by molar-refractivity contribution is 6.03. The van der Waals surface area contributed by atoms with Crippen LogP contribution in [0.2, 0.25) is 0 Å². The fourth-order valence-electron chi connectivity index (χ4n) is 1.36. The van der Waals surface area contributed by atoms with Crippen LogP contribution in [0, 0.1) is 17.3 Å². The Morgan fingerprint density at radius 2 is 1.94 bits per heavy atom. The van der Waals surface area contributed by atoms with Crippen LogP contribution >= 0.6 is 0 Å². The third kappa shape index (κ3) is 2.68. The molecular weight excluding hydrogens is 233 g/mol. The lowest BCUT2D eigenvalue weighted by molar-refractivity contribution is 0.102. The molecule has 0 fully saturated rings. The van der Waals surface area contributed by atoms with Crippen LogP contribution in [0.5, 0.6) is 0 Å². The maximum absolute atomic E-state index is 12.8. The van der Waals surface area contributed by atoms with Crippen LogP contribution in [0.1, 0.15) is 15.9 Å². The molecule has 1 heterocycles. The first-order chi connectivity index (χ1) is 8.69. The summed E-state index contributed by atoms with van der Waals surface area (Å²) >= 11 is 0. The number of nitriles is 1. The summed E-state index contributed by atoms with van der Waals surface area (Å²) in [5.74, 6) is -0.922. The van der Waals surface area contributed by atoms with Gasteiger partial charge in [0.05, 0.1) is 11.6 Å². The summed E-state index contributed by atoms with van der Waals surface area (Å²) in [6, 6.07) is 12.2. The molecule has 1 aromatic carbocycles. The van der Waals surface area contributed by atoms with Crippen molar-refractivity contribution in [3.63, 3.8) is 0 Å². The molecule has 1 N–H and O–H groups in total. The van der Waals surface area contributed by atoms with Gasteiger partial charge in [0, 0.05) is 5.56 Å². The summed E-state index contributed by atoms with van der Waals surface area (Å²) in [7, 11) is 0. The van der Waals surface area contributed by atoms with E-state index in [1.54, 1.807) is 0 Å². The van der Waals surface area contributed by atoms with E-state index in [9.17, 15) is 9.18 Å². The van der Waals surface area contributed by atoms with Crippen LogP contribution in [0.4, 0.5) is 10.2 Å². The number of nitrogens with zero attached hydrogens (tertiary/aromatic N) is 2. The van der Waals surface area contributed by atoms with Gasteiger partial charge in [0.25, 0.3) is 5.91 Å². The molecule has 5 heteroatoms. The van der Waals surface area contributed by atoms with Crippen molar-refractivity contribution in [1.29, 1.82) is 5.26 Å². The zero-order valence-corrected chi connectivity index (χ0v) is 9.22. The molecule has 0 saturated heterocycles. The van der Waals surface area contributed by atoms with Crippen molar-refractivity contribution in [2.75, 3.05) is 5.32 Å². The number of nitrogens with one attached hydrogen (secondary N) is 1. The van der Waals surface area contributed by atoms with E-state index < -0.39 is 11.9 Å². The van der Waals surface area contributed by atoms with E-state index in [-0.39, 0.29) is 5.82 Å². The normalized spacial score (nSPS) is 9.56. The lowest BCUT2D eigenvalue weighted by atomic mass is 10.1. The van der Waals surface area contributed by atoms with Gasteiger partial charge < -0.3 is 5.32 Å². The van der Waals surface area contributed by atoms with Crippen LogP contribution in [0.25, 0.3) is 0 Å². The van der Waals surface area contributed by atoms with E-state index in [0.29, 0.717) is 11.1 Å². The minimum atomic E-state index is -0.660. The van der Waals surface area contributed by atoms with Crippen molar-refractivity contribution in [2.45, 2.75) is 0 Å². The zero-order chi connectivity index (χ0) is 13.0. The number of rotatable bonds is 2. The second-order valence-electron chi connectivity index (χ2n) is 3.49. The monoisotopic (exact) mass is 241 g/mol. The summed E-state index contributed by atoms with van der Waals surface area (Å²) in [6.45, 7) is 0. The number of hydrogen-bond acceptors (Lipinski definition) is 3. The largest absolute Gasteiger partial charge is 0.306 e. The highest BCUT2D eigenvalue weighted by Crippen LogP contribution is 2.08. The number of anilines is 1. The molecule has 88 valence electrons. The number of hydrogen-bond donors (Lipinski definition) is 1. The number of amides is 1. The van der Waals surface area contributed by atoms with Gasteiger partial charge in [-0.2, -0.15) is 9.65 Å². The Bertz CT molecular complexity index is 617. The van der Waals surface area contributed by atoms with Crippen molar-refractivity contribution in [3.05, 3.63) is 59.5 Å². The SMILES string of the molecule is N#Cc1ccc(C(=O)Nc2cccc(F)n2)cc1. The van der Waals surface area contributed by atoms with Gasteiger partial charge in [-0.1, -0.05) is 6.07 Å². The van der Waals surface area contributed by atoms with E-state index in [1.807, 2.05) is 6.07 Å². The second kappa shape index (κ2) is 5.06. The smallest absolute Gasteiger partial charge is 0.256 e. The average Bonchev–Trinajstić information content (AvgIpc) is 2.39. The van der Waals surface area contributed by atoms with Gasteiger partial charge in [-0.3, -0.25) is 4.79 Å². The topological polar surface area (TPSA) is 65.8 Å². The van der Waals surface area contributed by atoms with Crippen molar-refractivity contribution in [3.8, 4) is 6.07 Å². The van der Waals surface area contributed by atoms with E-state index in [2.05, 4.69) is 10.3 Å². The molecule has 0 aliphatic heterocycles. The summed E-state index contributed by atoms with van der Waals surface area (Å²) in [6.07, 6.45) is 0. The summed E-state index contributed by atoms with van der Waals surface area (Å²) in [5, 5.41) is 11.1. The molecule has 18 heavy (non-hydrogen) atoms. The van der Waals surface area contributed by atoms with Crippen molar-refractivity contribution >= 4 is 11.7 Å². The highest BCUT2D eigenvalue weighted by atomic mass is 19.1. The molecule has 0 aliphatic carbocycles. The second-order valence-corrected chi connectivity index (χ2v) is 3.49. The minimum absolute atomic E-state index is 0.143. The first kappa shape index (κ1) is 11.7. The minimum Gasteiger partial charge on any atom is -0.306 e. The number of halogens is 1. The molecule has 2 rings (SSSR count). The molecule has 4 nitrogen and oxygen atoms in total. The zero-order valence-electron chi connectivity index (χ0n) is 9.22. The van der Waals surface area contributed by atoms with Gasteiger partial charge in [0.2, 0.25) is 5.95 Å². The van der Waals surface area contributed by atoms with Crippen LogP contribution in [0.15, 0.2) is 42.5 Å². The van der Waals surface area contributed by atoms with Crippen LogP contribution in [-0.2, 0) is 0 Å². The molecule has 1 amide bonds. The average molecular weight is 241 g/mol. The molecule has 0 atom stereocenters. The Labute approximate surface area is 103 Å². The summed E-state index contributed by atoms with van der Waals surface area (Å²) in [4.78, 5) is 15.3. The first-order valence-corrected chi connectivity index (χ1v) is 5.13. The van der Waals surface area contributed by atoms with Gasteiger partial charge in [-0.25, -0.2) is 4.98 Å². The lowest BCUT2D eigenvalue weighted by Crippen LogP contribution is -2.13.